The Hall–Kier alpha value is 0.208. The normalized spacial score (nSPS) is 10.5. The fourth-order valence-corrected chi connectivity index (χ4v) is 0.560. The summed E-state index contributed by atoms with van der Waals surface area (Å²) < 4.78 is 0. The van der Waals surface area contributed by atoms with Crippen LogP contribution in [0.2, 0.25) is 0 Å². The first-order valence-corrected chi connectivity index (χ1v) is 3.08. The molecular weight excluding hydrogens is 258 g/mol. The summed E-state index contributed by atoms with van der Waals surface area (Å²) in [6, 6.07) is 0. The maximum absolute atomic E-state index is 10.4. The number of carboxylic acid groups (broad SMARTS) is 1. The first-order valence-electron chi connectivity index (χ1n) is 3.08. The number of hydrogen-bond acceptors (Lipinski definition) is 3. The molecule has 0 amide bonds. The van der Waals surface area contributed by atoms with E-state index in [1.54, 1.807) is 6.92 Å². The summed E-state index contributed by atoms with van der Waals surface area (Å²) in [4.78, 5) is 10.4. The van der Waals surface area contributed by atoms with Crippen molar-refractivity contribution < 1.29 is 20.1 Å². The van der Waals surface area contributed by atoms with E-state index in [-0.39, 0.29) is 30.8 Å². The Labute approximate surface area is 82.7 Å². The van der Waals surface area contributed by atoms with Crippen LogP contribution in [0.5, 0.6) is 0 Å². The number of aliphatic hydroxyl groups is 2. The van der Waals surface area contributed by atoms with Crippen LogP contribution in [0.1, 0.15) is 13.3 Å². The summed E-state index contributed by atoms with van der Waals surface area (Å²) in [5, 5.41) is 25.7. The quantitative estimate of drug-likeness (QED) is 0.532. The van der Waals surface area contributed by atoms with Gasteiger partial charge in [0.15, 0.2) is 0 Å². The van der Waals surface area contributed by atoms with E-state index in [4.69, 9.17) is 15.3 Å². The summed E-state index contributed by atoms with van der Waals surface area (Å²) in [7, 11) is 0. The topological polar surface area (TPSA) is 77.8 Å². The van der Waals surface area contributed by atoms with Crippen molar-refractivity contribution in [3.63, 3.8) is 0 Å². The molecule has 0 fully saturated rings. The molecule has 0 saturated carbocycles. The van der Waals surface area contributed by atoms with Crippen LogP contribution in [-0.2, 0) is 4.79 Å². The van der Waals surface area contributed by atoms with E-state index >= 15 is 0 Å². The fourth-order valence-electron chi connectivity index (χ4n) is 0.560. The fraction of sp³-hybridized carbons (Fsp3) is 0.833. The number of carboxylic acids is 1. The zero-order chi connectivity index (χ0) is 8.20. The first-order chi connectivity index (χ1) is 4.63. The molecule has 0 unspecified atom stereocenters. The van der Waals surface area contributed by atoms with Crippen molar-refractivity contribution in [3.05, 3.63) is 0 Å². The summed E-state index contributed by atoms with van der Waals surface area (Å²) in [6.45, 7) is 0.575. The average molecular weight is 273 g/mol. The number of aliphatic hydroxyl groups excluding tert-OH is 2. The van der Waals surface area contributed by atoms with Gasteiger partial charge >= 0.3 is 30.4 Å². The minimum absolute atomic E-state index is 0. The molecule has 0 spiro atoms. The van der Waals surface area contributed by atoms with E-state index in [0.717, 1.165) is 0 Å². The third-order valence-corrected chi connectivity index (χ3v) is 1.74. The van der Waals surface area contributed by atoms with Gasteiger partial charge in [0, 0.05) is 0 Å². The molecule has 0 saturated heterocycles. The average Bonchev–Trinajstić information content (AvgIpc) is 1.92. The second-order valence-corrected chi connectivity index (χ2v) is 2.26. The molecule has 4 nitrogen and oxygen atoms in total. The zero-order valence-corrected chi connectivity index (χ0v) is 10.6. The van der Waals surface area contributed by atoms with Gasteiger partial charge in [-0.25, -0.2) is 0 Å². The number of hydrogen-bond donors (Lipinski definition) is 3. The number of carbonyl (C=O) groups is 1. The molecule has 0 aliphatic heterocycles. The molecular formula is C6H15O4Sb. The maximum atomic E-state index is 10.4. The third-order valence-electron chi connectivity index (χ3n) is 1.74. The van der Waals surface area contributed by atoms with Gasteiger partial charge in [0.25, 0.3) is 0 Å². The van der Waals surface area contributed by atoms with E-state index in [1.165, 1.54) is 0 Å². The monoisotopic (exact) mass is 272 g/mol. The summed E-state index contributed by atoms with van der Waals surface area (Å²) in [5.41, 5.74) is -1.35. The molecule has 0 rings (SSSR count). The van der Waals surface area contributed by atoms with Crippen LogP contribution < -0.4 is 0 Å². The van der Waals surface area contributed by atoms with Crippen molar-refractivity contribution in [3.8, 4) is 0 Å². The zero-order valence-electron chi connectivity index (χ0n) is 6.58. The predicted octanol–water partition coefficient (Wildman–Crippen LogP) is -1.73. The third kappa shape index (κ3) is 2.97. The molecule has 0 atom stereocenters. The van der Waals surface area contributed by atoms with Gasteiger partial charge in [-0.15, -0.1) is 0 Å². The number of aliphatic carboxylic acids is 1. The molecule has 3 N–H and O–H groups in total. The van der Waals surface area contributed by atoms with Crippen molar-refractivity contribution in [1.29, 1.82) is 0 Å². The van der Waals surface area contributed by atoms with Crippen LogP contribution in [0.15, 0.2) is 0 Å². The molecule has 0 bridgehead atoms. The molecule has 11 heavy (non-hydrogen) atoms. The van der Waals surface area contributed by atoms with Crippen LogP contribution in [0.25, 0.3) is 0 Å². The Morgan fingerprint density at radius 2 is 1.73 bits per heavy atom. The van der Waals surface area contributed by atoms with E-state index in [1.807, 2.05) is 0 Å². The van der Waals surface area contributed by atoms with E-state index in [2.05, 4.69) is 0 Å². The van der Waals surface area contributed by atoms with Crippen LogP contribution >= 0.6 is 0 Å². The van der Waals surface area contributed by atoms with E-state index in [9.17, 15) is 4.79 Å². The van der Waals surface area contributed by atoms with Gasteiger partial charge in [-0.2, -0.15) is 0 Å². The molecule has 0 radical (unpaired) electrons. The molecule has 5 heteroatoms. The van der Waals surface area contributed by atoms with Crippen molar-refractivity contribution in [1.82, 2.24) is 0 Å². The second-order valence-electron chi connectivity index (χ2n) is 2.26. The standard InChI is InChI=1S/C6H12O4.Sb.3H/c1-2-6(3-7,4-8)5(9)10;;;;/h7-8H,2-4H2,1H3,(H,9,10);;;;. The first kappa shape index (κ1) is 13.8. The molecule has 0 aromatic rings. The molecule has 0 aliphatic rings. The van der Waals surface area contributed by atoms with Gasteiger partial charge in [-0.05, 0) is 6.42 Å². The summed E-state index contributed by atoms with van der Waals surface area (Å²) in [5.74, 6) is -1.15. The van der Waals surface area contributed by atoms with Crippen molar-refractivity contribution in [2.24, 2.45) is 5.41 Å². The van der Waals surface area contributed by atoms with Crippen molar-refractivity contribution in [2.45, 2.75) is 13.3 Å². The second kappa shape index (κ2) is 5.81. The van der Waals surface area contributed by atoms with Gasteiger partial charge in [0.05, 0.1) is 13.2 Å². The molecule has 68 valence electrons. The van der Waals surface area contributed by atoms with Crippen LogP contribution in [0.3, 0.4) is 0 Å². The van der Waals surface area contributed by atoms with Gasteiger partial charge in [-0.3, -0.25) is 4.79 Å². The Bertz CT molecular complexity index is 113. The summed E-state index contributed by atoms with van der Waals surface area (Å²) in [6.07, 6.45) is 0.231. The molecule has 0 aliphatic carbocycles. The van der Waals surface area contributed by atoms with Gasteiger partial charge in [0.1, 0.15) is 5.41 Å². The van der Waals surface area contributed by atoms with Gasteiger partial charge in [-0.1, -0.05) is 6.92 Å². The molecule has 0 heterocycles. The van der Waals surface area contributed by atoms with Crippen LogP contribution in [0, 0.1) is 5.41 Å². The van der Waals surface area contributed by atoms with E-state index in [0.29, 0.717) is 0 Å². The predicted molar refractivity (Wildman–Crippen MR) is 44.5 cm³/mol. The Kier molecular flexibility index (Phi) is 7.27. The number of rotatable bonds is 4. The van der Waals surface area contributed by atoms with Crippen LogP contribution in [-0.4, -0.2) is 58.9 Å². The summed E-state index contributed by atoms with van der Waals surface area (Å²) >= 11 is 0. The van der Waals surface area contributed by atoms with E-state index < -0.39 is 24.6 Å². The van der Waals surface area contributed by atoms with Gasteiger partial charge < -0.3 is 15.3 Å². The molecule has 0 aromatic heterocycles. The molecule has 0 aromatic carbocycles. The van der Waals surface area contributed by atoms with Crippen LogP contribution in [0.4, 0.5) is 0 Å². The van der Waals surface area contributed by atoms with Crippen molar-refractivity contribution >= 4 is 30.4 Å². The van der Waals surface area contributed by atoms with Gasteiger partial charge in [0.2, 0.25) is 0 Å². The Morgan fingerprint density at radius 1 is 1.36 bits per heavy atom. The van der Waals surface area contributed by atoms with Crippen molar-refractivity contribution in [2.75, 3.05) is 13.2 Å². The SMILES string of the molecule is CCC(CO)(CO)C(=O)O.[SbH3]. The minimum atomic E-state index is -1.35. The Morgan fingerprint density at radius 3 is 1.73 bits per heavy atom. The Balaban J connectivity index is 0.